The van der Waals surface area contributed by atoms with E-state index >= 15 is 0 Å². The van der Waals surface area contributed by atoms with E-state index in [2.05, 4.69) is 5.32 Å². The maximum absolute atomic E-state index is 5.94. The molecule has 0 saturated heterocycles. The normalized spacial score (nSPS) is 12.5. The molecule has 0 radical (unpaired) electrons. The number of anilines is 1. The predicted molar refractivity (Wildman–Crippen MR) is 74.0 cm³/mol. The van der Waals surface area contributed by atoms with Crippen LogP contribution in [0.2, 0.25) is 10.0 Å². The van der Waals surface area contributed by atoms with E-state index in [4.69, 9.17) is 33.7 Å². The molecule has 1 aromatic rings. The molecule has 0 aliphatic rings. The lowest BCUT2D eigenvalue weighted by Crippen LogP contribution is -2.25. The second kappa shape index (κ2) is 7.77. The molecule has 0 spiro atoms. The lowest BCUT2D eigenvalue weighted by atomic mass is 10.1. The van der Waals surface area contributed by atoms with Crippen LogP contribution in [-0.2, 0) is 4.74 Å². The van der Waals surface area contributed by atoms with Crippen LogP contribution in [0.5, 0.6) is 0 Å². The molecule has 5 heteroatoms. The fourth-order valence-electron chi connectivity index (χ4n) is 1.64. The largest absolute Gasteiger partial charge is 0.383 e. The molecule has 0 aliphatic heterocycles. The van der Waals surface area contributed by atoms with Crippen molar-refractivity contribution in [3.8, 4) is 0 Å². The fraction of sp³-hybridized carbons (Fsp3) is 0.500. The van der Waals surface area contributed by atoms with Crippen LogP contribution in [0.3, 0.4) is 0 Å². The Morgan fingerprint density at radius 2 is 1.94 bits per heavy atom. The second-order valence-electron chi connectivity index (χ2n) is 3.89. The Balaban J connectivity index is 2.63. The molecule has 3 N–H and O–H groups in total. The Morgan fingerprint density at radius 3 is 2.47 bits per heavy atom. The van der Waals surface area contributed by atoms with Gasteiger partial charge in [-0.25, -0.2) is 0 Å². The highest BCUT2D eigenvalue weighted by Crippen LogP contribution is 2.23. The number of benzene rings is 1. The van der Waals surface area contributed by atoms with Gasteiger partial charge in [-0.1, -0.05) is 23.2 Å². The highest BCUT2D eigenvalue weighted by atomic mass is 35.5. The Labute approximate surface area is 112 Å². The topological polar surface area (TPSA) is 47.3 Å². The standard InChI is InChI=1S/C12H18Cl2N2O/c1-17-8-11(3-2-4-15)16-12-6-9(13)5-10(14)7-12/h5-7,11,16H,2-4,8,15H2,1H3. The summed E-state index contributed by atoms with van der Waals surface area (Å²) in [7, 11) is 1.68. The number of halogens is 2. The summed E-state index contributed by atoms with van der Waals surface area (Å²) in [5.74, 6) is 0. The molecule has 0 saturated carbocycles. The molecule has 0 bridgehead atoms. The monoisotopic (exact) mass is 276 g/mol. The molecular formula is C12H18Cl2N2O. The summed E-state index contributed by atoms with van der Waals surface area (Å²) < 4.78 is 5.16. The highest BCUT2D eigenvalue weighted by Gasteiger charge is 2.08. The van der Waals surface area contributed by atoms with Crippen LogP contribution in [0.15, 0.2) is 18.2 Å². The van der Waals surface area contributed by atoms with Crippen molar-refractivity contribution in [3.63, 3.8) is 0 Å². The smallest absolute Gasteiger partial charge is 0.0664 e. The Kier molecular flexibility index (Phi) is 6.66. The van der Waals surface area contributed by atoms with Crippen molar-refractivity contribution in [3.05, 3.63) is 28.2 Å². The van der Waals surface area contributed by atoms with Crippen molar-refractivity contribution in [1.82, 2.24) is 0 Å². The average molecular weight is 277 g/mol. The van der Waals surface area contributed by atoms with Gasteiger partial charge in [-0.15, -0.1) is 0 Å². The first-order valence-electron chi connectivity index (χ1n) is 5.57. The quantitative estimate of drug-likeness (QED) is 0.804. The molecule has 0 amide bonds. The Bertz CT molecular complexity index is 327. The summed E-state index contributed by atoms with van der Waals surface area (Å²) in [5, 5.41) is 4.59. The third-order valence-corrected chi connectivity index (χ3v) is 2.79. The van der Waals surface area contributed by atoms with Gasteiger partial charge in [-0.2, -0.15) is 0 Å². The zero-order chi connectivity index (χ0) is 12.7. The van der Waals surface area contributed by atoms with Gasteiger partial charge in [0.05, 0.1) is 6.61 Å². The van der Waals surface area contributed by atoms with Gasteiger partial charge < -0.3 is 15.8 Å². The SMILES string of the molecule is COCC(CCCN)Nc1cc(Cl)cc(Cl)c1. The summed E-state index contributed by atoms with van der Waals surface area (Å²) in [6.45, 7) is 1.31. The van der Waals surface area contributed by atoms with Crippen molar-refractivity contribution >= 4 is 28.9 Å². The number of methoxy groups -OCH3 is 1. The number of nitrogens with two attached hydrogens (primary N) is 1. The van der Waals surface area contributed by atoms with Crippen LogP contribution >= 0.6 is 23.2 Å². The van der Waals surface area contributed by atoms with E-state index in [1.54, 1.807) is 13.2 Å². The van der Waals surface area contributed by atoms with E-state index in [9.17, 15) is 0 Å². The van der Waals surface area contributed by atoms with E-state index in [1.807, 2.05) is 12.1 Å². The second-order valence-corrected chi connectivity index (χ2v) is 4.76. The minimum Gasteiger partial charge on any atom is -0.383 e. The molecule has 0 aromatic heterocycles. The van der Waals surface area contributed by atoms with Crippen molar-refractivity contribution in [2.45, 2.75) is 18.9 Å². The molecule has 0 heterocycles. The lowest BCUT2D eigenvalue weighted by Gasteiger charge is -2.19. The van der Waals surface area contributed by atoms with Gasteiger partial charge in [0.1, 0.15) is 0 Å². The molecule has 0 aliphatic carbocycles. The van der Waals surface area contributed by atoms with Crippen LogP contribution in [0, 0.1) is 0 Å². The minimum absolute atomic E-state index is 0.220. The molecule has 17 heavy (non-hydrogen) atoms. The third-order valence-electron chi connectivity index (χ3n) is 2.36. The van der Waals surface area contributed by atoms with Crippen LogP contribution in [-0.4, -0.2) is 26.3 Å². The van der Waals surface area contributed by atoms with Gasteiger partial charge in [0, 0.05) is 28.9 Å². The molecule has 1 rings (SSSR count). The average Bonchev–Trinajstić information content (AvgIpc) is 2.24. The van der Waals surface area contributed by atoms with Gasteiger partial charge in [-0.05, 0) is 37.6 Å². The minimum atomic E-state index is 0.220. The predicted octanol–water partition coefficient (Wildman–Crippen LogP) is 3.16. The fourth-order valence-corrected chi connectivity index (χ4v) is 2.16. The van der Waals surface area contributed by atoms with Crippen LogP contribution in [0.1, 0.15) is 12.8 Å². The summed E-state index contributed by atoms with van der Waals surface area (Å²) in [4.78, 5) is 0. The zero-order valence-electron chi connectivity index (χ0n) is 9.88. The number of ether oxygens (including phenoxy) is 1. The Hall–Kier alpha value is -0.480. The number of hydrogen-bond donors (Lipinski definition) is 2. The zero-order valence-corrected chi connectivity index (χ0v) is 11.4. The van der Waals surface area contributed by atoms with Gasteiger partial charge >= 0.3 is 0 Å². The first-order chi connectivity index (χ1) is 8.15. The van der Waals surface area contributed by atoms with Crippen molar-refractivity contribution in [1.29, 1.82) is 0 Å². The molecule has 1 aromatic carbocycles. The third kappa shape index (κ3) is 5.59. The molecule has 1 unspecified atom stereocenters. The molecular weight excluding hydrogens is 259 g/mol. The van der Waals surface area contributed by atoms with Crippen molar-refractivity contribution < 1.29 is 4.74 Å². The van der Waals surface area contributed by atoms with E-state index < -0.39 is 0 Å². The maximum atomic E-state index is 5.94. The van der Waals surface area contributed by atoms with E-state index in [0.717, 1.165) is 18.5 Å². The molecule has 1 atom stereocenters. The number of nitrogens with one attached hydrogen (secondary N) is 1. The highest BCUT2D eigenvalue weighted by molar-refractivity contribution is 6.35. The lowest BCUT2D eigenvalue weighted by molar-refractivity contribution is 0.182. The van der Waals surface area contributed by atoms with Crippen molar-refractivity contribution in [2.24, 2.45) is 5.73 Å². The van der Waals surface area contributed by atoms with Gasteiger partial charge in [0.2, 0.25) is 0 Å². The first-order valence-corrected chi connectivity index (χ1v) is 6.33. The van der Waals surface area contributed by atoms with E-state index in [1.165, 1.54) is 0 Å². The molecule has 0 fully saturated rings. The van der Waals surface area contributed by atoms with Crippen LogP contribution < -0.4 is 11.1 Å². The number of rotatable bonds is 7. The van der Waals surface area contributed by atoms with E-state index in [0.29, 0.717) is 23.2 Å². The summed E-state index contributed by atoms with van der Waals surface area (Å²) in [5.41, 5.74) is 6.41. The van der Waals surface area contributed by atoms with Crippen LogP contribution in [0.25, 0.3) is 0 Å². The number of hydrogen-bond acceptors (Lipinski definition) is 3. The summed E-state index contributed by atoms with van der Waals surface area (Å²) >= 11 is 11.9. The van der Waals surface area contributed by atoms with Gasteiger partial charge in [0.25, 0.3) is 0 Å². The first kappa shape index (κ1) is 14.6. The van der Waals surface area contributed by atoms with Crippen molar-refractivity contribution in [2.75, 3.05) is 25.6 Å². The van der Waals surface area contributed by atoms with E-state index in [-0.39, 0.29) is 6.04 Å². The Morgan fingerprint density at radius 1 is 1.29 bits per heavy atom. The van der Waals surface area contributed by atoms with Gasteiger partial charge in [0.15, 0.2) is 0 Å². The summed E-state index contributed by atoms with van der Waals surface area (Å²) in [6.07, 6.45) is 1.91. The molecule has 3 nitrogen and oxygen atoms in total. The summed E-state index contributed by atoms with van der Waals surface area (Å²) in [6, 6.07) is 5.62. The maximum Gasteiger partial charge on any atom is 0.0664 e. The molecule has 96 valence electrons. The van der Waals surface area contributed by atoms with Gasteiger partial charge in [-0.3, -0.25) is 0 Å². The van der Waals surface area contributed by atoms with Crippen LogP contribution in [0.4, 0.5) is 5.69 Å².